The van der Waals surface area contributed by atoms with Gasteiger partial charge in [0.1, 0.15) is 0 Å². The Morgan fingerprint density at radius 3 is 2.68 bits per heavy atom. The second-order valence-electron chi connectivity index (χ2n) is 7.95. The number of methoxy groups -OCH3 is 2. The molecule has 3 aromatic rings. The fraction of sp³-hybridized carbons (Fsp3) is 0.455. The van der Waals surface area contributed by atoms with Crippen LogP contribution in [0.2, 0.25) is 0 Å². The molecular weight excluding hydrogens is 398 g/mol. The van der Waals surface area contributed by atoms with E-state index in [-0.39, 0.29) is 11.5 Å². The fourth-order valence-electron chi connectivity index (χ4n) is 4.03. The van der Waals surface area contributed by atoms with Crippen LogP contribution in [0.1, 0.15) is 31.9 Å². The Kier molecular flexibility index (Phi) is 6.03. The lowest BCUT2D eigenvalue weighted by Crippen LogP contribution is -2.26. The highest BCUT2D eigenvalue weighted by molar-refractivity contribution is 5.72. The monoisotopic (exact) mass is 425 g/mol. The predicted molar refractivity (Wildman–Crippen MR) is 115 cm³/mol. The van der Waals surface area contributed by atoms with E-state index in [1.165, 1.54) is 0 Å². The summed E-state index contributed by atoms with van der Waals surface area (Å²) in [5, 5.41) is 14.0. The molecule has 0 bridgehead atoms. The lowest BCUT2D eigenvalue weighted by atomic mass is 9.87. The van der Waals surface area contributed by atoms with Crippen molar-refractivity contribution in [1.29, 1.82) is 0 Å². The summed E-state index contributed by atoms with van der Waals surface area (Å²) in [7, 11) is 3.30. The number of nitrogens with one attached hydrogen (secondary N) is 1. The Bertz CT molecular complexity index is 1110. The van der Waals surface area contributed by atoms with E-state index >= 15 is 0 Å². The van der Waals surface area contributed by atoms with Crippen molar-refractivity contribution in [3.05, 3.63) is 40.2 Å². The average Bonchev–Trinajstić information content (AvgIpc) is 3.29. The molecule has 0 radical (unpaired) electrons. The smallest absolute Gasteiger partial charge is 0.210 e. The van der Waals surface area contributed by atoms with E-state index in [1.807, 2.05) is 18.3 Å². The molecular formula is C22H27N5O4. The molecule has 1 atom stereocenters. The summed E-state index contributed by atoms with van der Waals surface area (Å²) in [6.07, 6.45) is 3.45. The summed E-state index contributed by atoms with van der Waals surface area (Å²) in [5.41, 5.74) is 3.22. The molecule has 1 aromatic carbocycles. The first-order valence-electron chi connectivity index (χ1n) is 10.4. The fourth-order valence-corrected chi connectivity index (χ4v) is 4.03. The normalized spacial score (nSPS) is 14.9. The summed E-state index contributed by atoms with van der Waals surface area (Å²) in [5.74, 6) is 1.99. The van der Waals surface area contributed by atoms with Gasteiger partial charge in [0.05, 0.1) is 25.0 Å². The number of aromatic nitrogens is 5. The SMILES string of the molecule is COCCCOc1cc2c(cc1OC)-c1cc(=O)c(-c3nn[nH]n3)cn1C(C(C)C)C2. The molecule has 9 heteroatoms. The number of H-pyrrole nitrogens is 1. The van der Waals surface area contributed by atoms with Gasteiger partial charge in [-0.2, -0.15) is 5.21 Å². The lowest BCUT2D eigenvalue weighted by Gasteiger charge is -2.34. The Morgan fingerprint density at radius 1 is 1.16 bits per heavy atom. The highest BCUT2D eigenvalue weighted by Crippen LogP contribution is 2.43. The summed E-state index contributed by atoms with van der Waals surface area (Å²) < 4.78 is 18.8. The minimum absolute atomic E-state index is 0.151. The Labute approximate surface area is 180 Å². The van der Waals surface area contributed by atoms with Crippen LogP contribution >= 0.6 is 0 Å². The third-order valence-corrected chi connectivity index (χ3v) is 5.64. The van der Waals surface area contributed by atoms with Crippen LogP contribution < -0.4 is 14.9 Å². The van der Waals surface area contributed by atoms with E-state index in [0.717, 1.165) is 29.7 Å². The maximum absolute atomic E-state index is 12.9. The molecule has 0 saturated heterocycles. The van der Waals surface area contributed by atoms with E-state index in [1.54, 1.807) is 20.3 Å². The molecule has 1 N–H and O–H groups in total. The molecule has 2 aromatic heterocycles. The maximum atomic E-state index is 12.9. The second-order valence-corrected chi connectivity index (χ2v) is 7.95. The molecule has 0 spiro atoms. The molecule has 0 amide bonds. The predicted octanol–water partition coefficient (Wildman–Crippen LogP) is 2.87. The molecule has 0 aliphatic carbocycles. The van der Waals surface area contributed by atoms with Crippen LogP contribution in [0.5, 0.6) is 11.5 Å². The van der Waals surface area contributed by atoms with Crippen molar-refractivity contribution in [1.82, 2.24) is 25.2 Å². The Morgan fingerprint density at radius 2 is 2.00 bits per heavy atom. The van der Waals surface area contributed by atoms with E-state index in [2.05, 4.69) is 39.0 Å². The number of hydrogen-bond acceptors (Lipinski definition) is 7. The van der Waals surface area contributed by atoms with Crippen LogP contribution in [0.3, 0.4) is 0 Å². The van der Waals surface area contributed by atoms with Crippen molar-refractivity contribution in [2.24, 2.45) is 5.92 Å². The molecule has 31 heavy (non-hydrogen) atoms. The van der Waals surface area contributed by atoms with Gasteiger partial charge in [0.2, 0.25) is 5.82 Å². The molecule has 0 fully saturated rings. The first-order valence-corrected chi connectivity index (χ1v) is 10.4. The van der Waals surface area contributed by atoms with Gasteiger partial charge in [-0.25, -0.2) is 0 Å². The van der Waals surface area contributed by atoms with Gasteiger partial charge in [-0.05, 0) is 35.2 Å². The van der Waals surface area contributed by atoms with Crippen molar-refractivity contribution in [2.75, 3.05) is 27.4 Å². The third-order valence-electron chi connectivity index (χ3n) is 5.64. The molecule has 3 heterocycles. The molecule has 164 valence electrons. The summed E-state index contributed by atoms with van der Waals surface area (Å²) in [6.45, 7) is 5.54. The van der Waals surface area contributed by atoms with Gasteiger partial charge >= 0.3 is 0 Å². The number of benzene rings is 1. The van der Waals surface area contributed by atoms with Crippen molar-refractivity contribution in [2.45, 2.75) is 32.7 Å². The van der Waals surface area contributed by atoms with Crippen LogP contribution in [-0.4, -0.2) is 52.6 Å². The first kappa shape index (κ1) is 21.0. The van der Waals surface area contributed by atoms with Crippen LogP contribution in [0.15, 0.2) is 29.2 Å². The quantitative estimate of drug-likeness (QED) is 0.553. The van der Waals surface area contributed by atoms with Gasteiger partial charge in [-0.3, -0.25) is 4.79 Å². The number of pyridine rings is 1. The van der Waals surface area contributed by atoms with Crippen molar-refractivity contribution in [3.63, 3.8) is 0 Å². The number of hydrogen-bond donors (Lipinski definition) is 1. The van der Waals surface area contributed by atoms with Crippen LogP contribution in [0, 0.1) is 5.92 Å². The molecule has 4 rings (SSSR count). The highest BCUT2D eigenvalue weighted by Gasteiger charge is 2.29. The molecule has 1 unspecified atom stereocenters. The zero-order chi connectivity index (χ0) is 22.0. The van der Waals surface area contributed by atoms with E-state index in [0.29, 0.717) is 42.0 Å². The maximum Gasteiger partial charge on any atom is 0.210 e. The van der Waals surface area contributed by atoms with Gasteiger partial charge in [0.25, 0.3) is 0 Å². The minimum Gasteiger partial charge on any atom is -0.493 e. The van der Waals surface area contributed by atoms with Crippen molar-refractivity contribution >= 4 is 0 Å². The van der Waals surface area contributed by atoms with E-state index in [9.17, 15) is 4.79 Å². The number of fused-ring (bicyclic) bond motifs is 3. The minimum atomic E-state index is -0.151. The summed E-state index contributed by atoms with van der Waals surface area (Å²) in [4.78, 5) is 12.9. The van der Waals surface area contributed by atoms with Gasteiger partial charge in [-0.1, -0.05) is 13.8 Å². The standard InChI is InChI=1S/C22H27N5O4/c1-13(2)17-8-14-9-21(31-7-5-6-29-3)20(30-4)10-15(14)18-11-19(28)16(12-27(17)18)22-23-25-26-24-22/h9-13,17H,5-8H2,1-4H3,(H,23,24,25,26). The van der Waals surface area contributed by atoms with Crippen LogP contribution in [0.4, 0.5) is 0 Å². The largest absolute Gasteiger partial charge is 0.493 e. The van der Waals surface area contributed by atoms with E-state index < -0.39 is 0 Å². The van der Waals surface area contributed by atoms with Crippen molar-refractivity contribution in [3.8, 4) is 34.1 Å². The van der Waals surface area contributed by atoms with Gasteiger partial charge in [0, 0.05) is 44.0 Å². The summed E-state index contributed by atoms with van der Waals surface area (Å²) in [6, 6.07) is 5.81. The highest BCUT2D eigenvalue weighted by atomic mass is 16.5. The van der Waals surface area contributed by atoms with Gasteiger partial charge in [-0.15, -0.1) is 10.2 Å². The molecule has 9 nitrogen and oxygen atoms in total. The van der Waals surface area contributed by atoms with Crippen LogP contribution in [-0.2, 0) is 11.2 Å². The first-order chi connectivity index (χ1) is 15.0. The van der Waals surface area contributed by atoms with Crippen LogP contribution in [0.25, 0.3) is 22.6 Å². The van der Waals surface area contributed by atoms with Crippen molar-refractivity contribution < 1.29 is 14.2 Å². The number of rotatable bonds is 8. The zero-order valence-electron chi connectivity index (χ0n) is 18.2. The third kappa shape index (κ3) is 4.05. The van der Waals surface area contributed by atoms with Gasteiger partial charge in [0.15, 0.2) is 16.9 Å². The Hall–Kier alpha value is -3.20. The number of tetrazole rings is 1. The zero-order valence-corrected chi connectivity index (χ0v) is 18.2. The Balaban J connectivity index is 1.80. The molecule has 1 aliphatic rings. The lowest BCUT2D eigenvalue weighted by molar-refractivity contribution is 0.170. The number of aromatic amines is 1. The molecule has 1 aliphatic heterocycles. The van der Waals surface area contributed by atoms with E-state index in [4.69, 9.17) is 14.2 Å². The van der Waals surface area contributed by atoms with Gasteiger partial charge < -0.3 is 18.8 Å². The molecule has 0 saturated carbocycles. The topological polar surface area (TPSA) is 104 Å². The summed E-state index contributed by atoms with van der Waals surface area (Å²) >= 11 is 0. The number of nitrogens with zero attached hydrogens (tertiary/aromatic N) is 4. The second kappa shape index (κ2) is 8.89. The average molecular weight is 425 g/mol. The number of ether oxygens (including phenoxy) is 3.